The molecule has 4 bridgehead atoms. The Bertz CT molecular complexity index is 981. The van der Waals surface area contributed by atoms with Crippen molar-refractivity contribution in [2.45, 2.75) is 81.7 Å². The molecule has 6 aliphatic rings. The maximum absolute atomic E-state index is 9.19. The Morgan fingerprint density at radius 2 is 1.54 bits per heavy atom. The molecule has 1 aromatic rings. The third-order valence-electron chi connectivity index (χ3n) is 9.06. The first-order chi connectivity index (χ1) is 17.5. The summed E-state index contributed by atoms with van der Waals surface area (Å²) in [4.78, 5) is 14.5. The average Bonchev–Trinajstić information content (AvgIpc) is 3.20. The molecule has 9 heteroatoms. The van der Waals surface area contributed by atoms with Gasteiger partial charge in [-0.1, -0.05) is 12.1 Å². The summed E-state index contributed by atoms with van der Waals surface area (Å²) in [5.74, 6) is 3.48. The molecule has 1 heterocycles. The van der Waals surface area contributed by atoms with Crippen LogP contribution in [-0.2, 0) is 24.6 Å². The van der Waals surface area contributed by atoms with Gasteiger partial charge >= 0.3 is 0 Å². The molecule has 208 valence electrons. The first-order valence-corrected chi connectivity index (χ1v) is 15.8. The fraction of sp³-hybridized carbons (Fsp3) is 0.786. The van der Waals surface area contributed by atoms with Gasteiger partial charge in [0.15, 0.2) is 0 Å². The number of hydrogen-bond acceptors (Lipinski definition) is 7. The van der Waals surface area contributed by atoms with E-state index in [0.29, 0.717) is 24.0 Å². The van der Waals surface area contributed by atoms with Gasteiger partial charge in [0.2, 0.25) is 11.6 Å². The zero-order valence-corrected chi connectivity index (χ0v) is 23.3. The highest BCUT2D eigenvalue weighted by Crippen LogP contribution is 2.64. The summed E-state index contributed by atoms with van der Waals surface area (Å²) in [6.07, 6.45) is 12.3. The smallest absolute Gasteiger partial charge is 0.261 e. The summed E-state index contributed by atoms with van der Waals surface area (Å²) in [7, 11) is 0.527. The fourth-order valence-corrected chi connectivity index (χ4v) is 7.59. The lowest BCUT2D eigenvalue weighted by atomic mass is 9.53. The Balaban J connectivity index is 0.000000514. The summed E-state index contributed by atoms with van der Waals surface area (Å²) >= 11 is 0. The molecular formula is C28H43NO7S. The second kappa shape index (κ2) is 10.7. The molecule has 0 atom stereocenters. The Hall–Kier alpha value is -1.23. The lowest BCUT2D eigenvalue weighted by molar-refractivity contribution is -0.390. The van der Waals surface area contributed by atoms with Crippen LogP contribution in [0, 0.1) is 23.7 Å². The highest BCUT2D eigenvalue weighted by atomic mass is 32.2. The Labute approximate surface area is 221 Å². The molecule has 37 heavy (non-hydrogen) atoms. The third-order valence-corrected chi connectivity index (χ3v) is 9.06. The van der Waals surface area contributed by atoms with Gasteiger partial charge in [0.1, 0.15) is 5.75 Å². The standard InChI is InChI=1S/C27H39NO4.CH4O3S/c1-28(2)12-3-13-29-25-6-4-21(5-7-25)22-8-10-26(11-9-22)30-27(32-31-26)23-15-19-14-20(17-23)18-24(27)16-19;1-5(2,3)4/h4-7,19-20,22-24H,3,8-18H2,1-2H3;1H3,(H,2,3,4). The van der Waals surface area contributed by atoms with E-state index in [2.05, 4.69) is 43.3 Å². The lowest BCUT2D eigenvalue weighted by Gasteiger charge is -2.57. The summed E-state index contributed by atoms with van der Waals surface area (Å²) in [6.45, 7) is 1.82. The molecule has 2 spiro atoms. The van der Waals surface area contributed by atoms with E-state index in [4.69, 9.17) is 23.8 Å². The van der Waals surface area contributed by atoms with Crippen molar-refractivity contribution in [2.24, 2.45) is 23.7 Å². The molecule has 0 aromatic heterocycles. The Kier molecular flexibility index (Phi) is 7.93. The molecule has 5 saturated carbocycles. The van der Waals surface area contributed by atoms with Gasteiger partial charge in [-0.2, -0.15) is 18.2 Å². The minimum Gasteiger partial charge on any atom is -0.494 e. The Morgan fingerprint density at radius 3 is 2.08 bits per heavy atom. The van der Waals surface area contributed by atoms with Gasteiger partial charge < -0.3 is 14.4 Å². The molecule has 0 radical (unpaired) electrons. The van der Waals surface area contributed by atoms with Crippen LogP contribution in [0.1, 0.15) is 75.7 Å². The predicted octanol–water partition coefficient (Wildman–Crippen LogP) is 5.01. The first kappa shape index (κ1) is 27.3. The van der Waals surface area contributed by atoms with Gasteiger partial charge in [-0.05, 0) is 101 Å². The molecule has 8 nitrogen and oxygen atoms in total. The number of nitrogens with zero attached hydrogens (tertiary/aromatic N) is 1. The van der Waals surface area contributed by atoms with Gasteiger partial charge in [-0.25, -0.2) is 0 Å². The van der Waals surface area contributed by atoms with Crippen molar-refractivity contribution in [3.05, 3.63) is 29.8 Å². The number of ether oxygens (including phenoxy) is 2. The van der Waals surface area contributed by atoms with Crippen LogP contribution in [0.15, 0.2) is 24.3 Å². The predicted molar refractivity (Wildman–Crippen MR) is 140 cm³/mol. The van der Waals surface area contributed by atoms with Crippen molar-refractivity contribution < 1.29 is 32.2 Å². The van der Waals surface area contributed by atoms with Crippen molar-refractivity contribution >= 4 is 10.1 Å². The van der Waals surface area contributed by atoms with E-state index in [1.807, 2.05) is 0 Å². The van der Waals surface area contributed by atoms with E-state index in [0.717, 1.165) is 62.8 Å². The van der Waals surface area contributed by atoms with Gasteiger partial charge in [0.05, 0.1) is 12.9 Å². The fourth-order valence-electron chi connectivity index (χ4n) is 7.59. The van der Waals surface area contributed by atoms with Crippen LogP contribution in [0.3, 0.4) is 0 Å². The van der Waals surface area contributed by atoms with Crippen LogP contribution in [-0.4, -0.2) is 62.9 Å². The van der Waals surface area contributed by atoms with Gasteiger partial charge in [0, 0.05) is 31.2 Å². The third kappa shape index (κ3) is 6.34. The zero-order chi connectivity index (χ0) is 26.3. The molecule has 6 fully saturated rings. The number of rotatable bonds is 6. The monoisotopic (exact) mass is 537 g/mol. The molecule has 7 rings (SSSR count). The minimum absolute atomic E-state index is 0.439. The SMILES string of the molecule is CN(C)CCCOc1ccc(C2CCC3(CC2)OOC2(O3)C3CC4CC(C3)CC2C4)cc1.CS(=O)(=O)O. The topological polar surface area (TPSA) is 94.5 Å². The van der Waals surface area contributed by atoms with Crippen molar-refractivity contribution in [1.29, 1.82) is 0 Å². The van der Waals surface area contributed by atoms with Crippen molar-refractivity contribution in [2.75, 3.05) is 33.5 Å². The normalized spacial score (nSPS) is 38.2. The van der Waals surface area contributed by atoms with Crippen LogP contribution in [0.2, 0.25) is 0 Å². The molecule has 1 aromatic carbocycles. The van der Waals surface area contributed by atoms with Crippen LogP contribution >= 0.6 is 0 Å². The van der Waals surface area contributed by atoms with E-state index < -0.39 is 21.7 Å². The second-order valence-corrected chi connectivity index (χ2v) is 13.8. The van der Waals surface area contributed by atoms with Gasteiger partial charge in [-0.3, -0.25) is 4.55 Å². The molecule has 0 amide bonds. The summed E-state index contributed by atoms with van der Waals surface area (Å²) in [5.41, 5.74) is 1.41. The summed E-state index contributed by atoms with van der Waals surface area (Å²) < 4.78 is 38.6. The van der Waals surface area contributed by atoms with Crippen LogP contribution in [0.25, 0.3) is 0 Å². The van der Waals surface area contributed by atoms with Crippen LogP contribution in [0.5, 0.6) is 5.75 Å². The van der Waals surface area contributed by atoms with Crippen molar-refractivity contribution in [3.8, 4) is 5.75 Å². The van der Waals surface area contributed by atoms with Crippen LogP contribution in [0.4, 0.5) is 0 Å². The molecule has 0 unspecified atom stereocenters. The van der Waals surface area contributed by atoms with Gasteiger partial charge in [-0.15, -0.1) is 0 Å². The highest BCUT2D eigenvalue weighted by Gasteiger charge is 2.66. The maximum Gasteiger partial charge on any atom is 0.261 e. The van der Waals surface area contributed by atoms with E-state index >= 15 is 0 Å². The minimum atomic E-state index is -3.67. The van der Waals surface area contributed by atoms with E-state index in [-0.39, 0.29) is 0 Å². The first-order valence-electron chi connectivity index (χ1n) is 13.9. The molecule has 1 N–H and O–H groups in total. The van der Waals surface area contributed by atoms with E-state index in [1.54, 1.807) is 0 Å². The molecule has 1 saturated heterocycles. The largest absolute Gasteiger partial charge is 0.494 e. The molecular weight excluding hydrogens is 494 g/mol. The second-order valence-electron chi connectivity index (χ2n) is 12.3. The molecule has 1 aliphatic heterocycles. The number of benzene rings is 1. The molecule has 5 aliphatic carbocycles. The van der Waals surface area contributed by atoms with Crippen LogP contribution < -0.4 is 4.74 Å². The summed E-state index contributed by atoms with van der Waals surface area (Å²) in [5, 5.41) is 0. The van der Waals surface area contributed by atoms with Gasteiger partial charge in [0.25, 0.3) is 10.1 Å². The number of hydrogen-bond donors (Lipinski definition) is 1. The Morgan fingerprint density at radius 1 is 0.973 bits per heavy atom. The van der Waals surface area contributed by atoms with E-state index in [9.17, 15) is 8.42 Å². The summed E-state index contributed by atoms with van der Waals surface area (Å²) in [6, 6.07) is 8.75. The maximum atomic E-state index is 9.19. The van der Waals surface area contributed by atoms with Crippen molar-refractivity contribution in [1.82, 2.24) is 4.90 Å². The zero-order valence-electron chi connectivity index (χ0n) is 22.4. The quantitative estimate of drug-likeness (QED) is 0.308. The van der Waals surface area contributed by atoms with E-state index in [1.165, 1.54) is 37.7 Å². The lowest BCUT2D eigenvalue weighted by Crippen LogP contribution is -2.59. The highest BCUT2D eigenvalue weighted by molar-refractivity contribution is 7.85. The average molecular weight is 538 g/mol. The van der Waals surface area contributed by atoms with Crippen molar-refractivity contribution in [3.63, 3.8) is 0 Å².